The molecule has 2 heterocycles. The van der Waals surface area contributed by atoms with E-state index in [9.17, 15) is 0 Å². The molecule has 2 nitrogen and oxygen atoms in total. The molecule has 0 aromatic carbocycles. The van der Waals surface area contributed by atoms with Crippen LogP contribution in [0.25, 0.3) is 0 Å². The van der Waals surface area contributed by atoms with Crippen molar-refractivity contribution in [3.8, 4) is 0 Å². The molecule has 2 rings (SSSR count). The number of hydrogen-bond donors (Lipinski definition) is 2. The van der Waals surface area contributed by atoms with Gasteiger partial charge in [-0.25, -0.2) is 0 Å². The van der Waals surface area contributed by atoms with Gasteiger partial charge in [0, 0.05) is 0 Å². The van der Waals surface area contributed by atoms with Crippen LogP contribution in [0.15, 0.2) is 36.7 Å². The van der Waals surface area contributed by atoms with Crippen LogP contribution in [0.2, 0.25) is 10.0 Å². The van der Waals surface area contributed by atoms with Gasteiger partial charge in [-0.3, -0.25) is 0 Å². The third-order valence-electron chi connectivity index (χ3n) is 2.69. The molecule has 0 saturated heterocycles. The molecule has 0 aliphatic rings. The molecule has 0 atom stereocenters. The minimum absolute atomic E-state index is 1.27. The second-order valence-corrected chi connectivity index (χ2v) is 11.4. The summed E-state index contributed by atoms with van der Waals surface area (Å²) in [5, 5.41) is 2.54. The van der Waals surface area contributed by atoms with Gasteiger partial charge in [-0.2, -0.15) is 0 Å². The van der Waals surface area contributed by atoms with Gasteiger partial charge in [-0.15, -0.1) is 0 Å². The summed E-state index contributed by atoms with van der Waals surface area (Å²) in [7, 11) is 0. The Morgan fingerprint density at radius 3 is 1.67 bits per heavy atom. The number of nitrogens with one attached hydrogen (secondary N) is 2. The monoisotopic (exact) mass is 292 g/mol. The molecule has 0 aliphatic carbocycles. The normalized spacial score (nSPS) is 12.9. The average molecular weight is 291 g/mol. The molecule has 2 aromatic rings. The van der Waals surface area contributed by atoms with E-state index in [1.807, 2.05) is 12.4 Å². The van der Waals surface area contributed by atoms with Gasteiger partial charge in [0.05, 0.1) is 0 Å². The summed E-state index contributed by atoms with van der Waals surface area (Å²) in [5.41, 5.74) is 0. The van der Waals surface area contributed by atoms with Crippen LogP contribution < -0.4 is 8.58 Å². The van der Waals surface area contributed by atoms with Crippen LogP contribution >= 0.6 is 0 Å². The van der Waals surface area contributed by atoms with Crippen LogP contribution in [0.4, 0.5) is 0 Å². The van der Waals surface area contributed by atoms with Gasteiger partial charge in [0.25, 0.3) is 0 Å². The van der Waals surface area contributed by atoms with E-state index in [1.165, 1.54) is 18.6 Å². The number of hydrogen-bond acceptors (Lipinski definition) is 0. The number of aromatic amines is 2. The van der Waals surface area contributed by atoms with E-state index in [-0.39, 0.29) is 0 Å². The quantitative estimate of drug-likeness (QED) is 0.810. The third-order valence-corrected chi connectivity index (χ3v) is 11.5. The molecule has 2 N–H and O–H groups in total. The molecule has 84 valence electrons. The van der Waals surface area contributed by atoms with Crippen LogP contribution in [-0.2, 0) is 14.8 Å². The summed E-state index contributed by atoms with van der Waals surface area (Å²) in [6.07, 6.45) is 4.08. The second-order valence-electron chi connectivity index (χ2n) is 3.27. The van der Waals surface area contributed by atoms with E-state index in [0.29, 0.717) is 0 Å². The summed E-state index contributed by atoms with van der Waals surface area (Å²) in [5.74, 6) is 0. The van der Waals surface area contributed by atoms with Gasteiger partial charge >= 0.3 is 93.9 Å². The predicted octanol–water partition coefficient (Wildman–Crippen LogP) is 2.32. The molecular formula is C12H18N2Ru. The summed E-state index contributed by atoms with van der Waals surface area (Å²) < 4.78 is 2.94. The van der Waals surface area contributed by atoms with Gasteiger partial charge in [0.1, 0.15) is 0 Å². The Kier molecular flexibility index (Phi) is 3.11. The zero-order chi connectivity index (χ0) is 10.7. The van der Waals surface area contributed by atoms with Crippen molar-refractivity contribution in [1.82, 2.24) is 9.97 Å². The molecular weight excluding hydrogens is 273 g/mol. The predicted molar refractivity (Wildman–Crippen MR) is 61.8 cm³/mol. The molecule has 0 radical (unpaired) electrons. The molecule has 15 heavy (non-hydrogen) atoms. The van der Waals surface area contributed by atoms with E-state index >= 15 is 0 Å². The van der Waals surface area contributed by atoms with Crippen LogP contribution in [0.5, 0.6) is 0 Å². The first-order valence-electron chi connectivity index (χ1n) is 5.26. The van der Waals surface area contributed by atoms with Crippen molar-refractivity contribution in [1.29, 1.82) is 0 Å². The number of H-pyrrole nitrogens is 2. The van der Waals surface area contributed by atoms with Gasteiger partial charge < -0.3 is 0 Å². The first-order valence-corrected chi connectivity index (χ1v) is 9.45. The molecule has 0 amide bonds. The Balaban J connectivity index is 2.50. The van der Waals surface area contributed by atoms with Crippen LogP contribution in [0.3, 0.4) is 0 Å². The van der Waals surface area contributed by atoms with E-state index in [1.54, 1.807) is 0 Å². The maximum absolute atomic E-state index is 3.42. The van der Waals surface area contributed by atoms with E-state index in [4.69, 9.17) is 0 Å². The first kappa shape index (κ1) is 10.7. The molecule has 0 unspecified atom stereocenters. The Morgan fingerprint density at radius 1 is 0.933 bits per heavy atom. The molecule has 0 bridgehead atoms. The van der Waals surface area contributed by atoms with Crippen molar-refractivity contribution >= 4 is 8.58 Å². The topological polar surface area (TPSA) is 31.6 Å². The Hall–Kier alpha value is -0.817. The van der Waals surface area contributed by atoms with Crippen molar-refractivity contribution in [3.63, 3.8) is 0 Å². The Bertz CT molecular complexity index is 349. The minimum atomic E-state index is -1.87. The molecule has 3 heteroatoms. The Labute approximate surface area is 93.9 Å². The van der Waals surface area contributed by atoms with Crippen LogP contribution in [0, 0.1) is 0 Å². The Morgan fingerprint density at radius 2 is 1.40 bits per heavy atom. The third kappa shape index (κ3) is 1.70. The van der Waals surface area contributed by atoms with Crippen molar-refractivity contribution in [2.75, 3.05) is 0 Å². The van der Waals surface area contributed by atoms with Gasteiger partial charge in [0.15, 0.2) is 0 Å². The summed E-state index contributed by atoms with van der Waals surface area (Å²) in [6.45, 7) is 4.63. The number of aromatic nitrogens is 2. The van der Waals surface area contributed by atoms with E-state index < -0.39 is 14.8 Å². The van der Waals surface area contributed by atoms with Crippen LogP contribution in [-0.4, -0.2) is 9.97 Å². The summed E-state index contributed by atoms with van der Waals surface area (Å²) in [4.78, 5) is 6.85. The molecule has 0 fully saturated rings. The zero-order valence-electron chi connectivity index (χ0n) is 9.23. The van der Waals surface area contributed by atoms with Crippen molar-refractivity contribution < 1.29 is 14.8 Å². The second kappa shape index (κ2) is 4.36. The van der Waals surface area contributed by atoms with Crippen molar-refractivity contribution in [3.05, 3.63) is 36.7 Å². The number of rotatable bonds is 4. The molecule has 0 spiro atoms. The molecule has 0 aliphatic heterocycles. The fourth-order valence-electron chi connectivity index (χ4n) is 1.85. The van der Waals surface area contributed by atoms with Gasteiger partial charge in [-0.1, -0.05) is 0 Å². The first-order chi connectivity index (χ1) is 7.33. The zero-order valence-corrected chi connectivity index (χ0v) is 11.0. The summed E-state index contributed by atoms with van der Waals surface area (Å²) in [6, 6.07) is 8.72. The van der Waals surface area contributed by atoms with Gasteiger partial charge in [-0.05, 0) is 0 Å². The molecule has 0 saturated carbocycles. The van der Waals surface area contributed by atoms with Gasteiger partial charge in [0.2, 0.25) is 0 Å². The summed E-state index contributed by atoms with van der Waals surface area (Å²) >= 11 is -1.87. The van der Waals surface area contributed by atoms with E-state index in [2.05, 4.69) is 48.1 Å². The fourth-order valence-corrected chi connectivity index (χ4v) is 8.56. The maximum atomic E-state index is 3.42. The van der Waals surface area contributed by atoms with E-state index in [0.717, 1.165) is 0 Å². The van der Waals surface area contributed by atoms with Crippen molar-refractivity contribution in [2.45, 2.75) is 23.9 Å². The molecule has 2 aromatic heterocycles. The SMILES string of the molecule is C[CH2][Ru]([CH2]C)([c]1ccc[nH]1)[c]1ccc[nH]1. The van der Waals surface area contributed by atoms with Crippen molar-refractivity contribution in [2.24, 2.45) is 0 Å². The van der Waals surface area contributed by atoms with Crippen LogP contribution in [0.1, 0.15) is 13.8 Å². The average Bonchev–Trinajstić information content (AvgIpc) is 2.92. The standard InChI is InChI=1S/2C4H4N.2C2H5.Ru/c2*1-2-4-5-3-1;2*1-2;/h2*1-3,5H;2*1H2,2H3;. The fraction of sp³-hybridized carbons (Fsp3) is 0.333.